The highest BCUT2D eigenvalue weighted by molar-refractivity contribution is 6.03. The van der Waals surface area contributed by atoms with Crippen molar-refractivity contribution in [2.45, 2.75) is 20.3 Å². The Morgan fingerprint density at radius 3 is 2.67 bits per heavy atom. The Hall–Kier alpha value is -3.16. The second-order valence-electron chi connectivity index (χ2n) is 4.95. The van der Waals surface area contributed by atoms with Crippen molar-refractivity contribution in [2.75, 3.05) is 11.9 Å². The van der Waals surface area contributed by atoms with Gasteiger partial charge in [0, 0.05) is 0 Å². The van der Waals surface area contributed by atoms with Crippen LogP contribution in [0.2, 0.25) is 0 Å². The van der Waals surface area contributed by atoms with Gasteiger partial charge in [-0.2, -0.15) is 0 Å². The van der Waals surface area contributed by atoms with Crippen molar-refractivity contribution >= 4 is 23.5 Å². The molecule has 3 N–H and O–H groups in total. The van der Waals surface area contributed by atoms with Crippen LogP contribution in [0.25, 0.3) is 0 Å². The van der Waals surface area contributed by atoms with Gasteiger partial charge in [0.25, 0.3) is 11.8 Å². The molecule has 0 atom stereocenters. The zero-order valence-electron chi connectivity index (χ0n) is 13.3. The monoisotopic (exact) mass is 331 g/mol. The largest absolute Gasteiger partial charge is 0.452 e. The maximum atomic E-state index is 12.1. The fourth-order valence-corrected chi connectivity index (χ4v) is 2.12. The minimum Gasteiger partial charge on any atom is -0.452 e. The first kappa shape index (κ1) is 17.2. The van der Waals surface area contributed by atoms with E-state index in [1.165, 1.54) is 12.1 Å². The Morgan fingerprint density at radius 1 is 1.29 bits per heavy atom. The molecular weight excluding hydrogens is 314 g/mol. The molecule has 2 amide bonds. The summed E-state index contributed by atoms with van der Waals surface area (Å²) in [5, 5.41) is 6.23. The molecule has 8 nitrogen and oxygen atoms in total. The van der Waals surface area contributed by atoms with Crippen LogP contribution in [0.4, 0.5) is 5.69 Å². The van der Waals surface area contributed by atoms with Crippen LogP contribution in [0, 0.1) is 6.92 Å². The molecule has 0 unspecified atom stereocenters. The number of carbonyl (C=O) groups excluding carboxylic acids is 3. The molecule has 0 aliphatic rings. The van der Waals surface area contributed by atoms with Gasteiger partial charge >= 0.3 is 5.97 Å². The highest BCUT2D eigenvalue weighted by atomic mass is 16.5. The quantitative estimate of drug-likeness (QED) is 0.772. The summed E-state index contributed by atoms with van der Waals surface area (Å²) in [6.45, 7) is 2.90. The molecule has 0 radical (unpaired) electrons. The maximum Gasteiger partial charge on any atom is 0.344 e. The lowest BCUT2D eigenvalue weighted by atomic mass is 10.1. The number of anilines is 1. The lowest BCUT2D eigenvalue weighted by molar-refractivity contribution is -0.119. The van der Waals surface area contributed by atoms with Crippen molar-refractivity contribution in [1.82, 2.24) is 5.16 Å². The van der Waals surface area contributed by atoms with Gasteiger partial charge in [-0.1, -0.05) is 24.2 Å². The maximum absolute atomic E-state index is 12.1. The molecule has 1 aromatic heterocycles. The first-order chi connectivity index (χ1) is 11.4. The highest BCUT2D eigenvalue weighted by Crippen LogP contribution is 2.16. The SMILES string of the molecule is CCc1noc(C)c1C(=O)OCC(=O)Nc1ccccc1C(N)=O. The molecule has 2 rings (SSSR count). The van der Waals surface area contributed by atoms with Crippen LogP contribution in [0.3, 0.4) is 0 Å². The lowest BCUT2D eigenvalue weighted by Crippen LogP contribution is -2.23. The van der Waals surface area contributed by atoms with Gasteiger partial charge in [-0.25, -0.2) is 4.79 Å². The summed E-state index contributed by atoms with van der Waals surface area (Å²) in [6.07, 6.45) is 0.500. The second kappa shape index (κ2) is 7.40. The third kappa shape index (κ3) is 3.78. The predicted octanol–water partition coefficient (Wildman–Crippen LogP) is 1.44. The topological polar surface area (TPSA) is 125 Å². The molecule has 1 aromatic carbocycles. The van der Waals surface area contributed by atoms with Gasteiger partial charge in [-0.05, 0) is 25.5 Å². The molecule has 0 spiro atoms. The van der Waals surface area contributed by atoms with E-state index in [-0.39, 0.29) is 16.8 Å². The average molecular weight is 331 g/mol. The number of ether oxygens (including phenoxy) is 1. The second-order valence-corrected chi connectivity index (χ2v) is 4.95. The van der Waals surface area contributed by atoms with Crippen LogP contribution in [-0.4, -0.2) is 29.5 Å². The van der Waals surface area contributed by atoms with Crippen molar-refractivity contribution in [1.29, 1.82) is 0 Å². The van der Waals surface area contributed by atoms with Gasteiger partial charge in [0.2, 0.25) is 0 Å². The third-order valence-electron chi connectivity index (χ3n) is 3.27. The van der Waals surface area contributed by atoms with Crippen molar-refractivity contribution in [3.8, 4) is 0 Å². The summed E-state index contributed by atoms with van der Waals surface area (Å²) >= 11 is 0. The number of hydrogen-bond acceptors (Lipinski definition) is 6. The van der Waals surface area contributed by atoms with Crippen LogP contribution in [0.5, 0.6) is 0 Å². The number of amides is 2. The van der Waals surface area contributed by atoms with Crippen molar-refractivity contribution in [2.24, 2.45) is 5.73 Å². The number of nitrogens with one attached hydrogen (secondary N) is 1. The number of rotatable bonds is 6. The fraction of sp³-hybridized carbons (Fsp3) is 0.250. The van der Waals surface area contributed by atoms with Gasteiger partial charge in [0.15, 0.2) is 6.61 Å². The van der Waals surface area contributed by atoms with E-state index < -0.39 is 24.4 Å². The Kier molecular flexibility index (Phi) is 5.31. The molecule has 8 heteroatoms. The smallest absolute Gasteiger partial charge is 0.344 e. The summed E-state index contributed by atoms with van der Waals surface area (Å²) in [5.41, 5.74) is 6.34. The highest BCUT2D eigenvalue weighted by Gasteiger charge is 2.21. The summed E-state index contributed by atoms with van der Waals surface area (Å²) in [7, 11) is 0. The normalized spacial score (nSPS) is 10.2. The van der Waals surface area contributed by atoms with Crippen LogP contribution >= 0.6 is 0 Å². The number of hydrogen-bond donors (Lipinski definition) is 2. The van der Waals surface area contributed by atoms with E-state index >= 15 is 0 Å². The molecule has 2 aromatic rings. The summed E-state index contributed by atoms with van der Waals surface area (Å²) in [6, 6.07) is 6.27. The summed E-state index contributed by atoms with van der Waals surface area (Å²) < 4.78 is 9.93. The molecule has 0 fully saturated rings. The summed E-state index contributed by atoms with van der Waals surface area (Å²) in [4.78, 5) is 35.3. The minimum absolute atomic E-state index is 0.167. The molecule has 0 bridgehead atoms. The number of primary amides is 1. The van der Waals surface area contributed by atoms with Crippen LogP contribution < -0.4 is 11.1 Å². The van der Waals surface area contributed by atoms with E-state index in [0.717, 1.165) is 0 Å². The molecule has 0 aliphatic carbocycles. The van der Waals surface area contributed by atoms with Gasteiger partial charge in [-0.15, -0.1) is 0 Å². The van der Waals surface area contributed by atoms with Crippen LogP contribution in [-0.2, 0) is 16.0 Å². The molecule has 1 heterocycles. The minimum atomic E-state index is -0.691. The van der Waals surface area contributed by atoms with Gasteiger partial charge < -0.3 is 20.3 Å². The summed E-state index contributed by atoms with van der Waals surface area (Å²) in [5.74, 6) is -1.62. The molecular formula is C16H17N3O5. The van der Waals surface area contributed by atoms with E-state index in [2.05, 4.69) is 10.5 Å². The number of para-hydroxylation sites is 1. The Bertz CT molecular complexity index is 782. The van der Waals surface area contributed by atoms with Gasteiger partial charge in [-0.3, -0.25) is 9.59 Å². The zero-order valence-corrected chi connectivity index (χ0v) is 13.3. The standard InChI is InChI=1S/C16H17N3O5/c1-3-11-14(9(2)24-19-11)16(22)23-8-13(20)18-12-7-5-4-6-10(12)15(17)21/h4-7H,3,8H2,1-2H3,(H2,17,21)(H,18,20). The van der Waals surface area contributed by atoms with E-state index in [1.807, 2.05) is 6.92 Å². The van der Waals surface area contributed by atoms with Gasteiger partial charge in [0.1, 0.15) is 11.3 Å². The molecule has 24 heavy (non-hydrogen) atoms. The number of nitrogens with two attached hydrogens (primary N) is 1. The molecule has 0 saturated carbocycles. The molecule has 0 aliphatic heterocycles. The number of aryl methyl sites for hydroxylation is 2. The van der Waals surface area contributed by atoms with Gasteiger partial charge in [0.05, 0.1) is 16.9 Å². The zero-order chi connectivity index (χ0) is 17.7. The Balaban J connectivity index is 2.00. The first-order valence-electron chi connectivity index (χ1n) is 7.25. The predicted molar refractivity (Wildman–Crippen MR) is 84.5 cm³/mol. The van der Waals surface area contributed by atoms with E-state index in [9.17, 15) is 14.4 Å². The number of esters is 1. The number of benzene rings is 1. The Morgan fingerprint density at radius 2 is 2.00 bits per heavy atom. The third-order valence-corrected chi connectivity index (χ3v) is 3.27. The number of nitrogens with zero attached hydrogens (tertiary/aromatic N) is 1. The van der Waals surface area contributed by atoms with Crippen LogP contribution in [0.15, 0.2) is 28.8 Å². The van der Waals surface area contributed by atoms with E-state index in [1.54, 1.807) is 19.1 Å². The van der Waals surface area contributed by atoms with E-state index in [4.69, 9.17) is 15.0 Å². The first-order valence-corrected chi connectivity index (χ1v) is 7.25. The van der Waals surface area contributed by atoms with Crippen molar-refractivity contribution in [3.63, 3.8) is 0 Å². The molecule has 0 saturated heterocycles. The van der Waals surface area contributed by atoms with E-state index in [0.29, 0.717) is 17.9 Å². The van der Waals surface area contributed by atoms with Crippen LogP contribution in [0.1, 0.15) is 39.1 Å². The van der Waals surface area contributed by atoms with Crippen molar-refractivity contribution in [3.05, 3.63) is 46.8 Å². The number of carbonyl (C=O) groups is 3. The molecule has 126 valence electrons. The lowest BCUT2D eigenvalue weighted by Gasteiger charge is -2.09. The Labute approximate surface area is 137 Å². The van der Waals surface area contributed by atoms with Crippen molar-refractivity contribution < 1.29 is 23.6 Å². The fourth-order valence-electron chi connectivity index (χ4n) is 2.12. The average Bonchev–Trinajstić information content (AvgIpc) is 2.93. The number of aromatic nitrogens is 1.